The zero-order valence-electron chi connectivity index (χ0n) is 4.67. The predicted octanol–water partition coefficient (Wildman–Crippen LogP) is 4.47. The average molecular weight is 396 g/mol. The number of halogens is 4. The van der Waals surface area contributed by atoms with Gasteiger partial charge in [-0.1, -0.05) is 11.6 Å². The lowest BCUT2D eigenvalue weighted by atomic mass is 10.4. The van der Waals surface area contributed by atoms with Gasteiger partial charge in [-0.15, -0.1) is 0 Å². The standard InChI is InChI=1S/C6H2Br2ClI/c7-4-1-3(9)2-5(10)6(4)8/h1-2H. The van der Waals surface area contributed by atoms with Gasteiger partial charge in [-0.3, -0.25) is 0 Å². The first-order valence-electron chi connectivity index (χ1n) is 2.41. The second-order valence-electron chi connectivity index (χ2n) is 1.68. The Morgan fingerprint density at radius 2 is 1.90 bits per heavy atom. The summed E-state index contributed by atoms with van der Waals surface area (Å²) in [7, 11) is 0. The Hall–Kier alpha value is 1.20. The summed E-state index contributed by atoms with van der Waals surface area (Å²) in [5, 5.41) is 0.750. The number of hydrogen-bond acceptors (Lipinski definition) is 0. The van der Waals surface area contributed by atoms with Crippen LogP contribution in [0.5, 0.6) is 0 Å². The maximum Gasteiger partial charge on any atom is 0.0452 e. The molecule has 10 heavy (non-hydrogen) atoms. The molecule has 1 aromatic carbocycles. The normalized spacial score (nSPS) is 10.0. The van der Waals surface area contributed by atoms with Crippen LogP contribution in [-0.2, 0) is 0 Å². The minimum atomic E-state index is 0.750. The molecular weight excluding hydrogens is 394 g/mol. The summed E-state index contributed by atoms with van der Waals surface area (Å²) >= 11 is 14.7. The molecule has 4 heteroatoms. The highest BCUT2D eigenvalue weighted by molar-refractivity contribution is 14.1. The molecule has 0 aliphatic heterocycles. The van der Waals surface area contributed by atoms with Crippen molar-refractivity contribution in [1.82, 2.24) is 0 Å². The Balaban J connectivity index is 3.31. The molecule has 0 aromatic heterocycles. The first kappa shape index (κ1) is 9.29. The fraction of sp³-hybridized carbons (Fsp3) is 0. The fourth-order valence-corrected chi connectivity index (χ4v) is 2.74. The van der Waals surface area contributed by atoms with Crippen LogP contribution < -0.4 is 0 Å². The molecule has 0 saturated carbocycles. The first-order chi connectivity index (χ1) is 4.61. The van der Waals surface area contributed by atoms with E-state index < -0.39 is 0 Å². The maximum absolute atomic E-state index is 5.77. The van der Waals surface area contributed by atoms with E-state index in [9.17, 15) is 0 Å². The first-order valence-corrected chi connectivity index (χ1v) is 5.45. The van der Waals surface area contributed by atoms with E-state index >= 15 is 0 Å². The van der Waals surface area contributed by atoms with E-state index in [-0.39, 0.29) is 0 Å². The molecule has 0 fully saturated rings. The van der Waals surface area contributed by atoms with Crippen LogP contribution in [-0.4, -0.2) is 0 Å². The highest BCUT2D eigenvalue weighted by atomic mass is 127. The summed E-state index contributed by atoms with van der Waals surface area (Å²) in [6.45, 7) is 0. The molecule has 1 rings (SSSR count). The van der Waals surface area contributed by atoms with Crippen LogP contribution in [0, 0.1) is 3.57 Å². The van der Waals surface area contributed by atoms with Crippen molar-refractivity contribution >= 4 is 66.1 Å². The maximum atomic E-state index is 5.77. The summed E-state index contributed by atoms with van der Waals surface area (Å²) in [6.07, 6.45) is 0. The zero-order valence-corrected chi connectivity index (χ0v) is 10.8. The molecule has 0 atom stereocenters. The van der Waals surface area contributed by atoms with E-state index in [0.717, 1.165) is 17.5 Å². The third kappa shape index (κ3) is 2.09. The molecular formula is C6H2Br2ClI. The molecule has 54 valence electrons. The Kier molecular flexibility index (Phi) is 3.47. The van der Waals surface area contributed by atoms with Crippen LogP contribution in [0.15, 0.2) is 21.1 Å². The van der Waals surface area contributed by atoms with Crippen molar-refractivity contribution in [2.75, 3.05) is 0 Å². The van der Waals surface area contributed by atoms with Crippen molar-refractivity contribution < 1.29 is 0 Å². The van der Waals surface area contributed by atoms with Crippen molar-refractivity contribution in [2.24, 2.45) is 0 Å². The molecule has 0 bridgehead atoms. The van der Waals surface area contributed by atoms with Crippen molar-refractivity contribution in [3.05, 3.63) is 29.7 Å². The van der Waals surface area contributed by atoms with Crippen LogP contribution in [0.25, 0.3) is 0 Å². The Bertz CT molecular complexity index is 239. The molecule has 0 aliphatic carbocycles. The van der Waals surface area contributed by atoms with Gasteiger partial charge in [0.1, 0.15) is 0 Å². The molecule has 1 aromatic rings. The van der Waals surface area contributed by atoms with Gasteiger partial charge in [0.05, 0.1) is 0 Å². The van der Waals surface area contributed by atoms with Crippen LogP contribution in [0.4, 0.5) is 0 Å². The van der Waals surface area contributed by atoms with Crippen molar-refractivity contribution in [1.29, 1.82) is 0 Å². The van der Waals surface area contributed by atoms with Crippen LogP contribution in [0.1, 0.15) is 0 Å². The third-order valence-corrected chi connectivity index (χ3v) is 4.77. The Morgan fingerprint density at radius 3 is 2.40 bits per heavy atom. The molecule has 0 unspecified atom stereocenters. The van der Waals surface area contributed by atoms with Gasteiger partial charge >= 0.3 is 0 Å². The molecule has 0 amide bonds. The van der Waals surface area contributed by atoms with E-state index in [4.69, 9.17) is 11.6 Å². The highest BCUT2D eigenvalue weighted by Crippen LogP contribution is 2.30. The minimum absolute atomic E-state index is 0.750. The SMILES string of the molecule is Clc1cc(Br)c(Br)c(I)c1. The summed E-state index contributed by atoms with van der Waals surface area (Å²) in [4.78, 5) is 0. The molecule has 0 radical (unpaired) electrons. The largest absolute Gasteiger partial charge is 0.0843 e. The summed E-state index contributed by atoms with van der Waals surface area (Å²) in [6, 6.07) is 3.75. The molecule has 0 saturated heterocycles. The van der Waals surface area contributed by atoms with E-state index in [1.165, 1.54) is 0 Å². The average Bonchev–Trinajstić information content (AvgIpc) is 1.82. The lowest BCUT2D eigenvalue weighted by Crippen LogP contribution is -1.76. The fourth-order valence-electron chi connectivity index (χ4n) is 0.525. The molecule has 0 N–H and O–H groups in total. The van der Waals surface area contributed by atoms with Crippen LogP contribution in [0.3, 0.4) is 0 Å². The van der Waals surface area contributed by atoms with Crippen molar-refractivity contribution in [3.63, 3.8) is 0 Å². The van der Waals surface area contributed by atoms with Crippen LogP contribution >= 0.6 is 66.1 Å². The van der Waals surface area contributed by atoms with E-state index in [1.807, 2.05) is 12.1 Å². The zero-order chi connectivity index (χ0) is 7.72. The third-order valence-electron chi connectivity index (χ3n) is 0.949. The Labute approximate surface area is 94.7 Å². The summed E-state index contributed by atoms with van der Waals surface area (Å²) in [5.41, 5.74) is 0. The van der Waals surface area contributed by atoms with Crippen LogP contribution in [0.2, 0.25) is 5.02 Å². The topological polar surface area (TPSA) is 0 Å². The second kappa shape index (κ2) is 3.74. The van der Waals surface area contributed by atoms with E-state index in [2.05, 4.69) is 54.5 Å². The molecule has 0 spiro atoms. The molecule has 0 nitrogen and oxygen atoms in total. The van der Waals surface area contributed by atoms with Gasteiger partial charge in [-0.25, -0.2) is 0 Å². The van der Waals surface area contributed by atoms with Gasteiger partial charge in [0.2, 0.25) is 0 Å². The number of hydrogen-bond donors (Lipinski definition) is 0. The van der Waals surface area contributed by atoms with Gasteiger partial charge in [0.15, 0.2) is 0 Å². The van der Waals surface area contributed by atoms with Crippen molar-refractivity contribution in [3.8, 4) is 0 Å². The number of rotatable bonds is 0. The second-order valence-corrected chi connectivity index (χ2v) is 4.93. The smallest absolute Gasteiger partial charge is 0.0452 e. The van der Waals surface area contributed by atoms with E-state index in [1.54, 1.807) is 0 Å². The quantitative estimate of drug-likeness (QED) is 0.345. The van der Waals surface area contributed by atoms with Gasteiger partial charge in [-0.05, 0) is 66.6 Å². The summed E-state index contributed by atoms with van der Waals surface area (Å²) in [5.74, 6) is 0. The van der Waals surface area contributed by atoms with Gasteiger partial charge in [0, 0.05) is 17.5 Å². The van der Waals surface area contributed by atoms with E-state index in [0.29, 0.717) is 0 Å². The lowest BCUT2D eigenvalue weighted by Gasteiger charge is -1.98. The molecule has 0 aliphatic rings. The Morgan fingerprint density at radius 1 is 1.30 bits per heavy atom. The van der Waals surface area contributed by atoms with Gasteiger partial charge < -0.3 is 0 Å². The van der Waals surface area contributed by atoms with Gasteiger partial charge in [-0.2, -0.15) is 0 Å². The lowest BCUT2D eigenvalue weighted by molar-refractivity contribution is 1.53. The number of benzene rings is 1. The molecule has 0 heterocycles. The van der Waals surface area contributed by atoms with Crippen molar-refractivity contribution in [2.45, 2.75) is 0 Å². The predicted molar refractivity (Wildman–Crippen MR) is 59.6 cm³/mol. The highest BCUT2D eigenvalue weighted by Gasteiger charge is 2.01. The monoisotopic (exact) mass is 394 g/mol. The summed E-state index contributed by atoms with van der Waals surface area (Å²) < 4.78 is 3.15. The minimum Gasteiger partial charge on any atom is -0.0843 e. The van der Waals surface area contributed by atoms with Gasteiger partial charge in [0.25, 0.3) is 0 Å².